The number of nitro groups is 1. The fraction of sp³-hybridized carbons (Fsp3) is 0.263. The Morgan fingerprint density at radius 1 is 1.25 bits per heavy atom. The van der Waals surface area contributed by atoms with E-state index in [-0.39, 0.29) is 11.5 Å². The van der Waals surface area contributed by atoms with Crippen molar-refractivity contribution in [3.05, 3.63) is 74.6 Å². The Kier molecular flexibility index (Phi) is 6.21. The second-order valence-corrected chi connectivity index (χ2v) is 7.80. The van der Waals surface area contributed by atoms with Crippen LogP contribution >= 0.6 is 23.4 Å². The molecule has 1 aromatic heterocycles. The molecule has 0 bridgehead atoms. The first-order valence-electron chi connectivity index (χ1n) is 8.50. The predicted octanol–water partition coefficient (Wildman–Crippen LogP) is 4.66. The van der Waals surface area contributed by atoms with Gasteiger partial charge in [0.15, 0.2) is 5.16 Å². The van der Waals surface area contributed by atoms with Crippen LogP contribution in [-0.2, 0) is 0 Å². The zero-order valence-corrected chi connectivity index (χ0v) is 17.2. The average molecular weight is 419 g/mol. The van der Waals surface area contributed by atoms with Crippen molar-refractivity contribution in [2.24, 2.45) is 0 Å². The highest BCUT2D eigenvalue weighted by Crippen LogP contribution is 2.38. The zero-order chi connectivity index (χ0) is 20.3. The lowest BCUT2D eigenvalue weighted by atomic mass is 10.1. The molecule has 9 heteroatoms. The standard InChI is InChI=1S/C19H19ClN4O3S/c1-12-5-4-6-15(9-12)24-13(2)21-22-19(24)28-18(11-23(25)26)14-7-8-17(27-3)16(20)10-14/h4-10,18H,11H2,1-3H3/t18-/m0/s1. The van der Waals surface area contributed by atoms with Crippen molar-refractivity contribution >= 4 is 23.4 Å². The molecular formula is C19H19ClN4O3S. The van der Waals surface area contributed by atoms with Gasteiger partial charge in [0.1, 0.15) is 16.8 Å². The molecule has 1 heterocycles. The number of halogens is 1. The molecule has 0 N–H and O–H groups in total. The molecule has 2 aromatic carbocycles. The molecule has 0 fully saturated rings. The van der Waals surface area contributed by atoms with Crippen LogP contribution in [0, 0.1) is 24.0 Å². The summed E-state index contributed by atoms with van der Waals surface area (Å²) >= 11 is 7.51. The van der Waals surface area contributed by atoms with Gasteiger partial charge in [-0.1, -0.05) is 41.6 Å². The normalized spacial score (nSPS) is 12.0. The highest BCUT2D eigenvalue weighted by molar-refractivity contribution is 7.99. The van der Waals surface area contributed by atoms with E-state index in [1.165, 1.54) is 18.9 Å². The van der Waals surface area contributed by atoms with E-state index in [2.05, 4.69) is 10.2 Å². The SMILES string of the molecule is COc1ccc([C@H](C[N+](=O)[O-])Sc2nnc(C)n2-c2cccc(C)c2)cc1Cl. The van der Waals surface area contributed by atoms with Crippen LogP contribution in [0.2, 0.25) is 5.02 Å². The Labute approximate surface area is 171 Å². The number of rotatable bonds is 7. The first kappa shape index (κ1) is 20.2. The third-order valence-corrected chi connectivity index (χ3v) is 5.64. The van der Waals surface area contributed by atoms with Gasteiger partial charge in [0.05, 0.1) is 12.1 Å². The Bertz CT molecular complexity index is 1010. The third kappa shape index (κ3) is 4.45. The average Bonchev–Trinajstić information content (AvgIpc) is 3.01. The van der Waals surface area contributed by atoms with Crippen LogP contribution in [0.25, 0.3) is 5.69 Å². The minimum absolute atomic E-state index is 0.271. The Hall–Kier alpha value is -2.58. The molecule has 0 spiro atoms. The second kappa shape index (κ2) is 8.62. The summed E-state index contributed by atoms with van der Waals surface area (Å²) in [5, 5.41) is 20.2. The fourth-order valence-corrected chi connectivity index (χ4v) is 4.27. The maximum atomic E-state index is 11.3. The van der Waals surface area contributed by atoms with E-state index in [1.54, 1.807) is 18.2 Å². The Morgan fingerprint density at radius 2 is 2.04 bits per heavy atom. The van der Waals surface area contributed by atoms with Gasteiger partial charge in [-0.05, 0) is 49.2 Å². The van der Waals surface area contributed by atoms with E-state index in [9.17, 15) is 10.1 Å². The molecule has 0 saturated heterocycles. The van der Waals surface area contributed by atoms with E-state index in [0.717, 1.165) is 16.8 Å². The van der Waals surface area contributed by atoms with Crippen molar-refractivity contribution in [2.75, 3.05) is 13.7 Å². The highest BCUT2D eigenvalue weighted by atomic mass is 35.5. The van der Waals surface area contributed by atoms with Crippen molar-refractivity contribution in [3.8, 4) is 11.4 Å². The maximum Gasteiger partial charge on any atom is 0.220 e. The zero-order valence-electron chi connectivity index (χ0n) is 15.6. The van der Waals surface area contributed by atoms with Crippen LogP contribution in [0.15, 0.2) is 47.6 Å². The van der Waals surface area contributed by atoms with E-state index < -0.39 is 5.25 Å². The Balaban J connectivity index is 1.99. The monoisotopic (exact) mass is 418 g/mol. The minimum atomic E-state index is -0.481. The van der Waals surface area contributed by atoms with Crippen LogP contribution in [0.4, 0.5) is 0 Å². The number of benzene rings is 2. The minimum Gasteiger partial charge on any atom is -0.495 e. The summed E-state index contributed by atoms with van der Waals surface area (Å²) in [4.78, 5) is 10.9. The number of aromatic nitrogens is 3. The topological polar surface area (TPSA) is 83.1 Å². The summed E-state index contributed by atoms with van der Waals surface area (Å²) in [5.41, 5.74) is 2.74. The molecule has 1 atom stereocenters. The molecule has 0 aliphatic carbocycles. The molecule has 28 heavy (non-hydrogen) atoms. The summed E-state index contributed by atoms with van der Waals surface area (Å²) in [5.74, 6) is 1.23. The van der Waals surface area contributed by atoms with Crippen LogP contribution in [-0.4, -0.2) is 33.3 Å². The lowest BCUT2D eigenvalue weighted by Gasteiger charge is -2.15. The number of aryl methyl sites for hydroxylation is 2. The molecule has 3 rings (SSSR count). The van der Waals surface area contributed by atoms with Crippen molar-refractivity contribution in [1.82, 2.24) is 14.8 Å². The summed E-state index contributed by atoms with van der Waals surface area (Å²) in [7, 11) is 1.53. The number of hydrogen-bond acceptors (Lipinski definition) is 6. The molecule has 0 aliphatic heterocycles. The van der Waals surface area contributed by atoms with Crippen molar-refractivity contribution in [3.63, 3.8) is 0 Å². The predicted molar refractivity (Wildman–Crippen MR) is 109 cm³/mol. The molecular weight excluding hydrogens is 400 g/mol. The third-order valence-electron chi connectivity index (χ3n) is 4.17. The summed E-state index contributed by atoms with van der Waals surface area (Å²) in [6.45, 7) is 3.59. The first-order chi connectivity index (χ1) is 13.4. The lowest BCUT2D eigenvalue weighted by molar-refractivity contribution is -0.479. The number of ether oxygens (including phenoxy) is 1. The number of nitrogens with zero attached hydrogens (tertiary/aromatic N) is 4. The van der Waals surface area contributed by atoms with Gasteiger partial charge in [0.2, 0.25) is 6.54 Å². The fourth-order valence-electron chi connectivity index (χ4n) is 2.84. The van der Waals surface area contributed by atoms with Gasteiger partial charge in [-0.15, -0.1) is 10.2 Å². The van der Waals surface area contributed by atoms with Crippen LogP contribution in [0.5, 0.6) is 5.75 Å². The first-order valence-corrected chi connectivity index (χ1v) is 9.75. The van der Waals surface area contributed by atoms with E-state index >= 15 is 0 Å². The number of thioether (sulfide) groups is 1. The highest BCUT2D eigenvalue weighted by Gasteiger charge is 2.24. The van der Waals surface area contributed by atoms with Gasteiger partial charge in [0.25, 0.3) is 0 Å². The van der Waals surface area contributed by atoms with Crippen molar-refractivity contribution < 1.29 is 9.66 Å². The molecule has 0 amide bonds. The largest absolute Gasteiger partial charge is 0.495 e. The second-order valence-electron chi connectivity index (χ2n) is 6.22. The number of hydrogen-bond donors (Lipinski definition) is 0. The molecule has 146 valence electrons. The summed E-state index contributed by atoms with van der Waals surface area (Å²) < 4.78 is 7.07. The lowest BCUT2D eigenvalue weighted by Crippen LogP contribution is -2.11. The maximum absolute atomic E-state index is 11.3. The van der Waals surface area contributed by atoms with Gasteiger partial charge in [-0.3, -0.25) is 14.7 Å². The van der Waals surface area contributed by atoms with Gasteiger partial charge in [0, 0.05) is 10.6 Å². The van der Waals surface area contributed by atoms with Gasteiger partial charge in [-0.2, -0.15) is 0 Å². The van der Waals surface area contributed by atoms with Crippen molar-refractivity contribution in [2.45, 2.75) is 24.3 Å². The molecule has 0 saturated carbocycles. The van der Waals surface area contributed by atoms with Gasteiger partial charge >= 0.3 is 0 Å². The number of methoxy groups -OCH3 is 1. The van der Waals surface area contributed by atoms with Gasteiger partial charge in [-0.25, -0.2) is 0 Å². The quantitative estimate of drug-likeness (QED) is 0.315. The van der Waals surface area contributed by atoms with E-state index in [4.69, 9.17) is 16.3 Å². The summed E-state index contributed by atoms with van der Waals surface area (Å²) in [6, 6.07) is 13.1. The van der Waals surface area contributed by atoms with Gasteiger partial charge < -0.3 is 4.74 Å². The Morgan fingerprint density at radius 3 is 2.68 bits per heavy atom. The van der Waals surface area contributed by atoms with Crippen molar-refractivity contribution in [1.29, 1.82) is 0 Å². The van der Waals surface area contributed by atoms with Crippen LogP contribution in [0.3, 0.4) is 0 Å². The van der Waals surface area contributed by atoms with E-state index in [0.29, 0.717) is 21.8 Å². The molecule has 0 unspecified atom stereocenters. The molecule has 0 aliphatic rings. The summed E-state index contributed by atoms with van der Waals surface area (Å²) in [6.07, 6.45) is 0. The molecule has 3 aromatic rings. The smallest absolute Gasteiger partial charge is 0.220 e. The molecule has 7 nitrogen and oxygen atoms in total. The molecule has 0 radical (unpaired) electrons. The van der Waals surface area contributed by atoms with E-state index in [1.807, 2.05) is 42.7 Å². The van der Waals surface area contributed by atoms with Crippen LogP contribution in [0.1, 0.15) is 22.2 Å². The van der Waals surface area contributed by atoms with Crippen LogP contribution < -0.4 is 4.74 Å².